The number of carbonyl (C=O) groups is 2. The molecule has 0 unspecified atom stereocenters. The minimum atomic E-state index is -0.797. The second-order valence-corrected chi connectivity index (χ2v) is 7.00. The third-order valence-corrected chi connectivity index (χ3v) is 4.40. The van der Waals surface area contributed by atoms with Crippen LogP contribution >= 0.6 is 0 Å². The van der Waals surface area contributed by atoms with Gasteiger partial charge in [0.1, 0.15) is 5.60 Å². The molecule has 2 N–H and O–H groups in total. The van der Waals surface area contributed by atoms with Crippen LogP contribution in [-0.4, -0.2) is 28.8 Å². The first-order chi connectivity index (χ1) is 9.29. The lowest BCUT2D eigenvalue weighted by Crippen LogP contribution is -2.62. The fraction of sp³-hybridized carbons (Fsp3) is 0.867. The Morgan fingerprint density at radius 3 is 2.25 bits per heavy atom. The van der Waals surface area contributed by atoms with Gasteiger partial charge >= 0.3 is 12.1 Å². The first-order valence-corrected chi connectivity index (χ1v) is 7.52. The summed E-state index contributed by atoms with van der Waals surface area (Å²) in [7, 11) is 0. The minimum Gasteiger partial charge on any atom is -0.481 e. The summed E-state index contributed by atoms with van der Waals surface area (Å²) in [5, 5.41) is 12.2. The fourth-order valence-electron chi connectivity index (χ4n) is 3.62. The Balaban J connectivity index is 2.01. The lowest BCUT2D eigenvalue weighted by Gasteiger charge is -2.49. The average molecular weight is 283 g/mol. The van der Waals surface area contributed by atoms with Crippen molar-refractivity contribution in [1.29, 1.82) is 0 Å². The maximum Gasteiger partial charge on any atom is 0.407 e. The van der Waals surface area contributed by atoms with Gasteiger partial charge in [0.05, 0.1) is 5.92 Å². The fourth-order valence-corrected chi connectivity index (χ4v) is 3.62. The topological polar surface area (TPSA) is 75.6 Å². The minimum absolute atomic E-state index is 0.218. The zero-order valence-electron chi connectivity index (χ0n) is 12.5. The van der Waals surface area contributed by atoms with Crippen LogP contribution in [-0.2, 0) is 9.53 Å². The van der Waals surface area contributed by atoms with Crippen molar-refractivity contribution in [2.75, 3.05) is 0 Å². The summed E-state index contributed by atoms with van der Waals surface area (Å²) in [6.07, 6.45) is 4.86. The average Bonchev–Trinajstić information content (AvgIpc) is 2.46. The SMILES string of the molecule is CC(C)(C)OC(=O)N[C@H]1[C@H]2CCCCC[C@H]2[C@H]1C(=O)O. The molecular formula is C15H25NO4. The first kappa shape index (κ1) is 15.1. The van der Waals surface area contributed by atoms with Gasteiger partial charge in [-0.2, -0.15) is 0 Å². The predicted octanol–water partition coefficient (Wildman–Crippen LogP) is 2.79. The van der Waals surface area contributed by atoms with Crippen molar-refractivity contribution in [1.82, 2.24) is 5.32 Å². The maximum absolute atomic E-state index is 11.9. The summed E-state index contributed by atoms with van der Waals surface area (Å²) in [6.45, 7) is 5.41. The van der Waals surface area contributed by atoms with E-state index in [2.05, 4.69) is 5.32 Å². The van der Waals surface area contributed by atoms with Crippen molar-refractivity contribution in [2.45, 2.75) is 64.5 Å². The Labute approximate surface area is 120 Å². The third kappa shape index (κ3) is 3.25. The maximum atomic E-state index is 11.9. The summed E-state index contributed by atoms with van der Waals surface area (Å²) in [6, 6.07) is -0.273. The Hall–Kier alpha value is -1.26. The van der Waals surface area contributed by atoms with Crippen LogP contribution in [0.25, 0.3) is 0 Å². The van der Waals surface area contributed by atoms with E-state index >= 15 is 0 Å². The van der Waals surface area contributed by atoms with Crippen LogP contribution in [0.4, 0.5) is 4.79 Å². The number of carboxylic acids is 1. The standard InChI is InChI=1S/C15H25NO4/c1-15(2,3)20-14(19)16-12-10-8-6-4-5-7-9(10)11(12)13(17)18/h9-12H,4-8H2,1-3H3,(H,16,19)(H,17,18)/t9-,10+,11-,12+/m1/s1. The number of fused-ring (bicyclic) bond motifs is 1. The van der Waals surface area contributed by atoms with E-state index < -0.39 is 23.6 Å². The van der Waals surface area contributed by atoms with Gasteiger partial charge in [0.15, 0.2) is 0 Å². The quantitative estimate of drug-likeness (QED) is 0.817. The van der Waals surface area contributed by atoms with Gasteiger partial charge in [0.25, 0.3) is 0 Å². The lowest BCUT2D eigenvalue weighted by molar-refractivity contribution is -0.155. The number of hydrogen-bond acceptors (Lipinski definition) is 3. The van der Waals surface area contributed by atoms with E-state index in [-0.39, 0.29) is 12.0 Å². The molecule has 0 aliphatic heterocycles. The number of aliphatic carboxylic acids is 1. The molecule has 0 spiro atoms. The molecule has 5 nitrogen and oxygen atoms in total. The monoisotopic (exact) mass is 283 g/mol. The molecule has 5 heteroatoms. The second kappa shape index (κ2) is 5.62. The molecule has 0 aromatic carbocycles. The smallest absolute Gasteiger partial charge is 0.407 e. The molecule has 0 bridgehead atoms. The number of amides is 1. The molecule has 0 aromatic heterocycles. The molecule has 0 heterocycles. The number of hydrogen-bond donors (Lipinski definition) is 2. The van der Waals surface area contributed by atoms with Crippen LogP contribution < -0.4 is 5.32 Å². The first-order valence-electron chi connectivity index (χ1n) is 7.52. The lowest BCUT2D eigenvalue weighted by atomic mass is 9.58. The zero-order chi connectivity index (χ0) is 14.9. The number of nitrogens with one attached hydrogen (secondary N) is 1. The van der Waals surface area contributed by atoms with Crippen LogP contribution in [0, 0.1) is 17.8 Å². The summed E-state index contributed by atoms with van der Waals surface area (Å²) >= 11 is 0. The summed E-state index contributed by atoms with van der Waals surface area (Å²) in [4.78, 5) is 23.3. The molecule has 2 saturated carbocycles. The van der Waals surface area contributed by atoms with Crippen molar-refractivity contribution in [3.63, 3.8) is 0 Å². The Morgan fingerprint density at radius 1 is 1.10 bits per heavy atom. The highest BCUT2D eigenvalue weighted by Crippen LogP contribution is 2.48. The van der Waals surface area contributed by atoms with Crippen molar-refractivity contribution in [3.8, 4) is 0 Å². The van der Waals surface area contributed by atoms with E-state index in [1.807, 2.05) is 0 Å². The van der Waals surface area contributed by atoms with Gasteiger partial charge in [-0.25, -0.2) is 4.79 Å². The van der Waals surface area contributed by atoms with Crippen LogP contribution in [0.3, 0.4) is 0 Å². The molecule has 1 amide bonds. The summed E-state index contributed by atoms with van der Waals surface area (Å²) in [5.41, 5.74) is -0.560. The van der Waals surface area contributed by atoms with E-state index in [1.165, 1.54) is 6.42 Å². The van der Waals surface area contributed by atoms with Gasteiger partial charge in [-0.1, -0.05) is 19.3 Å². The predicted molar refractivity (Wildman–Crippen MR) is 74.3 cm³/mol. The molecule has 2 rings (SSSR count). The molecule has 0 saturated heterocycles. The van der Waals surface area contributed by atoms with Crippen LogP contribution in [0.5, 0.6) is 0 Å². The van der Waals surface area contributed by atoms with Gasteiger partial charge in [-0.15, -0.1) is 0 Å². The van der Waals surface area contributed by atoms with E-state index in [1.54, 1.807) is 20.8 Å². The van der Waals surface area contributed by atoms with Crippen molar-refractivity contribution < 1.29 is 19.4 Å². The normalized spacial score (nSPS) is 33.4. The van der Waals surface area contributed by atoms with Gasteiger partial charge < -0.3 is 15.2 Å². The van der Waals surface area contributed by atoms with Crippen molar-refractivity contribution in [3.05, 3.63) is 0 Å². The Bertz CT molecular complexity index is 388. The highest BCUT2D eigenvalue weighted by molar-refractivity contribution is 5.75. The van der Waals surface area contributed by atoms with Crippen LogP contribution in [0.15, 0.2) is 0 Å². The number of rotatable bonds is 2. The van der Waals surface area contributed by atoms with E-state index in [9.17, 15) is 14.7 Å². The van der Waals surface area contributed by atoms with Crippen LogP contribution in [0.1, 0.15) is 52.9 Å². The highest BCUT2D eigenvalue weighted by Gasteiger charge is 2.54. The molecule has 0 radical (unpaired) electrons. The molecule has 20 heavy (non-hydrogen) atoms. The van der Waals surface area contributed by atoms with Crippen molar-refractivity contribution in [2.24, 2.45) is 17.8 Å². The van der Waals surface area contributed by atoms with Gasteiger partial charge in [-0.05, 0) is 45.4 Å². The highest BCUT2D eigenvalue weighted by atomic mass is 16.6. The van der Waals surface area contributed by atoms with E-state index in [4.69, 9.17) is 4.74 Å². The second-order valence-electron chi connectivity index (χ2n) is 7.00. The molecule has 0 aromatic rings. The number of ether oxygens (including phenoxy) is 1. The number of carboxylic acid groups (broad SMARTS) is 1. The molecule has 4 atom stereocenters. The summed E-state index contributed by atoms with van der Waals surface area (Å²) < 4.78 is 5.24. The molecular weight excluding hydrogens is 258 g/mol. The van der Waals surface area contributed by atoms with Gasteiger partial charge in [0, 0.05) is 6.04 Å². The molecule has 2 aliphatic rings. The van der Waals surface area contributed by atoms with Gasteiger partial charge in [-0.3, -0.25) is 4.79 Å². The molecule has 2 fully saturated rings. The van der Waals surface area contributed by atoms with E-state index in [0.29, 0.717) is 5.92 Å². The largest absolute Gasteiger partial charge is 0.481 e. The molecule has 114 valence electrons. The van der Waals surface area contributed by atoms with E-state index in [0.717, 1.165) is 25.7 Å². The third-order valence-electron chi connectivity index (χ3n) is 4.40. The Kier molecular flexibility index (Phi) is 4.25. The number of alkyl carbamates (subject to hydrolysis) is 1. The summed E-state index contributed by atoms with van der Waals surface area (Å²) in [5.74, 6) is -0.735. The van der Waals surface area contributed by atoms with Crippen LogP contribution in [0.2, 0.25) is 0 Å². The van der Waals surface area contributed by atoms with Crippen molar-refractivity contribution >= 4 is 12.1 Å². The Morgan fingerprint density at radius 2 is 1.70 bits per heavy atom. The zero-order valence-corrected chi connectivity index (χ0v) is 12.5. The molecule has 2 aliphatic carbocycles. The number of carbonyl (C=O) groups excluding carboxylic acids is 1. The van der Waals surface area contributed by atoms with Gasteiger partial charge in [0.2, 0.25) is 0 Å².